The van der Waals surface area contributed by atoms with Crippen molar-refractivity contribution in [3.8, 4) is 24.7 Å². The fourth-order valence-corrected chi connectivity index (χ4v) is 1.87. The van der Waals surface area contributed by atoms with Gasteiger partial charge in [0.25, 0.3) is 0 Å². The molecular weight excluding hydrogens is 226 g/mol. The molecule has 2 atom stereocenters. The van der Waals surface area contributed by atoms with E-state index in [1.54, 1.807) is 0 Å². The normalized spacial score (nSPS) is 13.1. The number of carbonyl (C=O) groups excluding carboxylic acids is 1. The van der Waals surface area contributed by atoms with E-state index in [0.717, 1.165) is 30.6 Å². The highest BCUT2D eigenvalue weighted by Gasteiger charge is 2.22. The monoisotopic (exact) mass is 248 g/mol. The van der Waals surface area contributed by atoms with Gasteiger partial charge in [0, 0.05) is 0 Å². The summed E-state index contributed by atoms with van der Waals surface area (Å²) in [6, 6.07) is -0.958. The number of terminal acetylenes is 2. The van der Waals surface area contributed by atoms with Crippen LogP contribution in [-0.4, -0.2) is 23.1 Å². The summed E-state index contributed by atoms with van der Waals surface area (Å²) in [5, 5.41) is 11.3. The SMILES string of the molecule is C#CC(CCCC)N(C(=O)[O-])C(C#C)CCCC. The van der Waals surface area contributed by atoms with E-state index in [4.69, 9.17) is 12.8 Å². The van der Waals surface area contributed by atoms with Gasteiger partial charge in [-0.2, -0.15) is 0 Å². The lowest BCUT2D eigenvalue weighted by Gasteiger charge is -2.35. The largest absolute Gasteiger partial charge is 0.530 e. The summed E-state index contributed by atoms with van der Waals surface area (Å²) in [4.78, 5) is 12.4. The van der Waals surface area contributed by atoms with Crippen molar-refractivity contribution in [2.75, 3.05) is 0 Å². The quantitative estimate of drug-likeness (QED) is 0.617. The van der Waals surface area contributed by atoms with Gasteiger partial charge in [0.05, 0.1) is 12.1 Å². The fourth-order valence-electron chi connectivity index (χ4n) is 1.87. The van der Waals surface area contributed by atoms with Crippen LogP contribution in [0.15, 0.2) is 0 Å². The summed E-state index contributed by atoms with van der Waals surface area (Å²) in [5.74, 6) is 5.04. The minimum Gasteiger partial charge on any atom is -0.530 e. The Balaban J connectivity index is 4.85. The van der Waals surface area contributed by atoms with Gasteiger partial charge in [-0.15, -0.1) is 12.8 Å². The average molecular weight is 248 g/mol. The first-order valence-corrected chi connectivity index (χ1v) is 6.53. The van der Waals surface area contributed by atoms with Crippen LogP contribution in [0.3, 0.4) is 0 Å². The first kappa shape index (κ1) is 16.4. The van der Waals surface area contributed by atoms with Crippen molar-refractivity contribution in [1.29, 1.82) is 0 Å². The van der Waals surface area contributed by atoms with Gasteiger partial charge in [0.15, 0.2) is 0 Å². The van der Waals surface area contributed by atoms with E-state index in [2.05, 4.69) is 11.8 Å². The van der Waals surface area contributed by atoms with E-state index in [1.807, 2.05) is 13.8 Å². The zero-order valence-electron chi connectivity index (χ0n) is 11.3. The van der Waals surface area contributed by atoms with Gasteiger partial charge < -0.3 is 14.8 Å². The van der Waals surface area contributed by atoms with Crippen LogP contribution in [0.2, 0.25) is 0 Å². The van der Waals surface area contributed by atoms with Gasteiger partial charge in [-0.1, -0.05) is 51.4 Å². The van der Waals surface area contributed by atoms with E-state index in [1.165, 1.54) is 0 Å². The van der Waals surface area contributed by atoms with E-state index in [-0.39, 0.29) is 0 Å². The Kier molecular flexibility index (Phi) is 8.58. The molecule has 3 nitrogen and oxygen atoms in total. The van der Waals surface area contributed by atoms with Crippen molar-refractivity contribution >= 4 is 6.09 Å². The highest BCUT2D eigenvalue weighted by Crippen LogP contribution is 2.15. The molecule has 0 aliphatic rings. The molecule has 0 aliphatic carbocycles. The second-order valence-corrected chi connectivity index (χ2v) is 4.32. The zero-order chi connectivity index (χ0) is 14.0. The lowest BCUT2D eigenvalue weighted by atomic mass is 10.0. The summed E-state index contributed by atoms with van der Waals surface area (Å²) < 4.78 is 0. The van der Waals surface area contributed by atoms with Gasteiger partial charge in [-0.25, -0.2) is 0 Å². The van der Waals surface area contributed by atoms with E-state index in [0.29, 0.717) is 12.8 Å². The van der Waals surface area contributed by atoms with Crippen molar-refractivity contribution in [2.24, 2.45) is 0 Å². The van der Waals surface area contributed by atoms with Crippen molar-refractivity contribution in [3.05, 3.63) is 0 Å². The Morgan fingerprint density at radius 2 is 1.50 bits per heavy atom. The minimum atomic E-state index is -1.27. The molecule has 100 valence electrons. The van der Waals surface area contributed by atoms with Gasteiger partial charge in [-0.3, -0.25) is 0 Å². The molecule has 0 saturated heterocycles. The molecule has 2 unspecified atom stereocenters. The molecule has 18 heavy (non-hydrogen) atoms. The molecule has 0 aromatic rings. The van der Waals surface area contributed by atoms with Crippen LogP contribution in [0.4, 0.5) is 4.79 Å². The van der Waals surface area contributed by atoms with Crippen molar-refractivity contribution in [1.82, 2.24) is 4.90 Å². The zero-order valence-corrected chi connectivity index (χ0v) is 11.3. The molecule has 1 amide bonds. The Labute approximate surface area is 111 Å². The molecule has 0 aromatic carbocycles. The first-order valence-electron chi connectivity index (χ1n) is 6.53. The standard InChI is InChI=1S/C15H23NO2/c1-5-9-11-13(7-3)16(15(17)18)14(8-4)12-10-6-2/h3-4,13-14H,5-6,9-12H2,1-2H3,(H,17,18)/p-1. The van der Waals surface area contributed by atoms with Crippen LogP contribution in [0.5, 0.6) is 0 Å². The molecule has 0 saturated carbocycles. The summed E-state index contributed by atoms with van der Waals surface area (Å²) in [7, 11) is 0. The molecule has 3 heteroatoms. The molecule has 0 N–H and O–H groups in total. The predicted molar refractivity (Wildman–Crippen MR) is 71.5 cm³/mol. The molecule has 0 radical (unpaired) electrons. The second-order valence-electron chi connectivity index (χ2n) is 4.32. The van der Waals surface area contributed by atoms with Gasteiger partial charge in [-0.05, 0) is 12.8 Å². The molecule has 0 aliphatic heterocycles. The highest BCUT2D eigenvalue weighted by molar-refractivity contribution is 5.64. The topological polar surface area (TPSA) is 43.4 Å². The molecule has 0 bridgehead atoms. The first-order chi connectivity index (χ1) is 8.62. The van der Waals surface area contributed by atoms with Crippen LogP contribution >= 0.6 is 0 Å². The Morgan fingerprint density at radius 1 is 1.11 bits per heavy atom. The van der Waals surface area contributed by atoms with Crippen LogP contribution in [0.25, 0.3) is 0 Å². The third kappa shape index (κ3) is 5.15. The Morgan fingerprint density at radius 3 is 1.72 bits per heavy atom. The summed E-state index contributed by atoms with van der Waals surface area (Å²) in [5.41, 5.74) is 0. The maximum atomic E-state index is 11.3. The maximum Gasteiger partial charge on any atom is 0.138 e. The fraction of sp³-hybridized carbons (Fsp3) is 0.667. The molecule has 0 fully saturated rings. The molecular formula is C15H22NO2-. The Bertz CT molecular complexity index is 298. The number of carbonyl (C=O) groups is 1. The number of rotatable bonds is 8. The number of unbranched alkanes of at least 4 members (excludes halogenated alkanes) is 2. The van der Waals surface area contributed by atoms with Gasteiger partial charge >= 0.3 is 0 Å². The van der Waals surface area contributed by atoms with E-state index in [9.17, 15) is 9.90 Å². The number of nitrogens with zero attached hydrogens (tertiary/aromatic N) is 1. The second kappa shape index (κ2) is 9.42. The molecule has 0 heterocycles. The van der Waals surface area contributed by atoms with Crippen molar-refractivity contribution in [3.63, 3.8) is 0 Å². The van der Waals surface area contributed by atoms with E-state index < -0.39 is 18.2 Å². The minimum absolute atomic E-state index is 0.479. The maximum absolute atomic E-state index is 11.3. The van der Waals surface area contributed by atoms with Crippen LogP contribution in [0, 0.1) is 24.7 Å². The number of hydrogen-bond acceptors (Lipinski definition) is 2. The summed E-state index contributed by atoms with van der Waals surface area (Å²) in [6.45, 7) is 4.07. The van der Waals surface area contributed by atoms with Crippen LogP contribution < -0.4 is 5.11 Å². The summed E-state index contributed by atoms with van der Waals surface area (Å²) in [6.07, 6.45) is 14.5. The summed E-state index contributed by atoms with van der Waals surface area (Å²) >= 11 is 0. The third-order valence-electron chi connectivity index (χ3n) is 2.93. The Hall–Kier alpha value is -1.61. The van der Waals surface area contributed by atoms with Gasteiger partial charge in [0.1, 0.15) is 6.09 Å². The molecule has 0 rings (SSSR count). The molecule has 0 spiro atoms. The van der Waals surface area contributed by atoms with E-state index >= 15 is 0 Å². The lowest BCUT2D eigenvalue weighted by Crippen LogP contribution is -2.52. The highest BCUT2D eigenvalue weighted by atomic mass is 16.4. The smallest absolute Gasteiger partial charge is 0.138 e. The number of carboxylic acid groups (broad SMARTS) is 1. The third-order valence-corrected chi connectivity index (χ3v) is 2.93. The number of amides is 1. The van der Waals surface area contributed by atoms with Crippen LogP contribution in [-0.2, 0) is 0 Å². The average Bonchev–Trinajstić information content (AvgIpc) is 2.37. The van der Waals surface area contributed by atoms with Crippen molar-refractivity contribution in [2.45, 2.75) is 64.5 Å². The molecule has 0 aromatic heterocycles. The van der Waals surface area contributed by atoms with Crippen LogP contribution in [0.1, 0.15) is 52.4 Å². The van der Waals surface area contributed by atoms with Crippen molar-refractivity contribution < 1.29 is 9.90 Å². The lowest BCUT2D eigenvalue weighted by molar-refractivity contribution is -0.268. The predicted octanol–water partition coefficient (Wildman–Crippen LogP) is 2.02. The van der Waals surface area contributed by atoms with Gasteiger partial charge in [0.2, 0.25) is 0 Å². The number of hydrogen-bond donors (Lipinski definition) is 0.